The molecule has 0 aliphatic rings. The van der Waals surface area contributed by atoms with Gasteiger partial charge in [-0.1, -0.05) is 64.5 Å². The normalized spacial score (nSPS) is 10.1. The van der Waals surface area contributed by atoms with Crippen LogP contribution in [0.2, 0.25) is 0 Å². The number of nitrogens with zero attached hydrogens (tertiary/aromatic N) is 1. The SMILES string of the molecule is Br.O=C(CBr)c1cc(-c2ccccc2)nc2ccccc12. The van der Waals surface area contributed by atoms with Crippen LogP contribution in [0.5, 0.6) is 0 Å². The molecule has 21 heavy (non-hydrogen) atoms. The molecule has 4 heteroatoms. The molecule has 0 atom stereocenters. The van der Waals surface area contributed by atoms with Crippen molar-refractivity contribution in [3.05, 3.63) is 66.2 Å². The smallest absolute Gasteiger partial charge is 0.174 e. The summed E-state index contributed by atoms with van der Waals surface area (Å²) in [6, 6.07) is 19.5. The number of pyridine rings is 1. The number of carbonyl (C=O) groups is 1. The van der Waals surface area contributed by atoms with Crippen LogP contribution < -0.4 is 0 Å². The zero-order valence-corrected chi connectivity index (χ0v) is 14.4. The van der Waals surface area contributed by atoms with Gasteiger partial charge in [0.1, 0.15) is 0 Å². The Hall–Kier alpha value is -1.52. The predicted molar refractivity (Wildman–Crippen MR) is 95.6 cm³/mol. The summed E-state index contributed by atoms with van der Waals surface area (Å²) in [5.41, 5.74) is 3.40. The maximum atomic E-state index is 12.1. The van der Waals surface area contributed by atoms with Crippen molar-refractivity contribution in [2.45, 2.75) is 0 Å². The van der Waals surface area contributed by atoms with Gasteiger partial charge in [0.2, 0.25) is 0 Å². The second-order valence-corrected chi connectivity index (χ2v) is 5.06. The van der Waals surface area contributed by atoms with Crippen molar-refractivity contribution in [2.24, 2.45) is 0 Å². The summed E-state index contributed by atoms with van der Waals surface area (Å²) in [7, 11) is 0. The van der Waals surface area contributed by atoms with Crippen LogP contribution in [-0.4, -0.2) is 16.1 Å². The van der Waals surface area contributed by atoms with Crippen molar-refractivity contribution in [1.29, 1.82) is 0 Å². The Morgan fingerprint density at radius 3 is 2.38 bits per heavy atom. The molecule has 0 fully saturated rings. The fourth-order valence-corrected chi connectivity index (χ4v) is 2.54. The number of fused-ring (bicyclic) bond motifs is 1. The molecule has 1 heterocycles. The van der Waals surface area contributed by atoms with E-state index >= 15 is 0 Å². The van der Waals surface area contributed by atoms with Gasteiger partial charge < -0.3 is 0 Å². The number of rotatable bonds is 3. The van der Waals surface area contributed by atoms with Crippen LogP contribution in [0.3, 0.4) is 0 Å². The molecule has 2 nitrogen and oxygen atoms in total. The molecule has 0 bridgehead atoms. The number of alkyl halides is 1. The van der Waals surface area contributed by atoms with Crippen LogP contribution in [0.25, 0.3) is 22.2 Å². The van der Waals surface area contributed by atoms with Crippen LogP contribution in [0, 0.1) is 0 Å². The zero-order chi connectivity index (χ0) is 13.9. The summed E-state index contributed by atoms with van der Waals surface area (Å²) in [4.78, 5) is 16.8. The number of aromatic nitrogens is 1. The van der Waals surface area contributed by atoms with Crippen LogP contribution in [0.4, 0.5) is 0 Å². The molecular weight excluding hydrogens is 394 g/mol. The van der Waals surface area contributed by atoms with Crippen LogP contribution in [-0.2, 0) is 0 Å². The number of hydrogen-bond acceptors (Lipinski definition) is 2. The molecule has 2 aromatic carbocycles. The van der Waals surface area contributed by atoms with E-state index < -0.39 is 0 Å². The molecule has 3 aromatic rings. The van der Waals surface area contributed by atoms with Crippen molar-refractivity contribution < 1.29 is 4.79 Å². The Labute approximate surface area is 142 Å². The average Bonchev–Trinajstić information content (AvgIpc) is 2.54. The number of carbonyl (C=O) groups excluding carboxylic acids is 1. The highest BCUT2D eigenvalue weighted by atomic mass is 79.9. The summed E-state index contributed by atoms with van der Waals surface area (Å²) in [6.45, 7) is 0. The Balaban J connectivity index is 0.00000161. The minimum absolute atomic E-state index is 0. The van der Waals surface area contributed by atoms with Crippen molar-refractivity contribution in [3.8, 4) is 11.3 Å². The monoisotopic (exact) mass is 405 g/mol. The molecule has 106 valence electrons. The second kappa shape index (κ2) is 6.96. The number of hydrogen-bond donors (Lipinski definition) is 0. The first-order valence-electron chi connectivity index (χ1n) is 6.34. The van der Waals surface area contributed by atoms with Gasteiger partial charge in [-0.3, -0.25) is 4.79 Å². The van der Waals surface area contributed by atoms with Gasteiger partial charge in [0, 0.05) is 16.5 Å². The third kappa shape index (κ3) is 3.22. The molecule has 0 spiro atoms. The third-order valence-electron chi connectivity index (χ3n) is 3.21. The lowest BCUT2D eigenvalue weighted by Crippen LogP contribution is -2.02. The van der Waals surface area contributed by atoms with Gasteiger partial charge in [0.25, 0.3) is 0 Å². The minimum atomic E-state index is 0. The topological polar surface area (TPSA) is 30.0 Å². The molecule has 0 radical (unpaired) electrons. The van der Waals surface area contributed by atoms with E-state index in [1.165, 1.54) is 0 Å². The number of para-hydroxylation sites is 1. The first-order chi connectivity index (χ1) is 9.79. The van der Waals surface area contributed by atoms with E-state index in [9.17, 15) is 4.79 Å². The quantitative estimate of drug-likeness (QED) is 0.449. The number of ketones is 1. The first kappa shape index (κ1) is 15.9. The van der Waals surface area contributed by atoms with Crippen molar-refractivity contribution in [3.63, 3.8) is 0 Å². The highest BCUT2D eigenvalue weighted by molar-refractivity contribution is 9.09. The number of Topliss-reactive ketones (excluding diaryl/α,β-unsaturated/α-hetero) is 1. The van der Waals surface area contributed by atoms with Crippen molar-refractivity contribution in [2.75, 3.05) is 5.33 Å². The van der Waals surface area contributed by atoms with Gasteiger partial charge in [0.15, 0.2) is 5.78 Å². The van der Waals surface area contributed by atoms with Crippen molar-refractivity contribution in [1.82, 2.24) is 4.98 Å². The molecule has 3 rings (SSSR count). The standard InChI is InChI=1S/C17H12BrNO.BrH/c18-11-17(20)14-10-16(12-6-2-1-3-7-12)19-15-9-5-4-8-13(14)15;/h1-10H,11H2;1H. The highest BCUT2D eigenvalue weighted by Crippen LogP contribution is 2.25. The van der Waals surface area contributed by atoms with E-state index in [2.05, 4.69) is 20.9 Å². The maximum absolute atomic E-state index is 12.1. The number of halogens is 2. The van der Waals surface area contributed by atoms with Gasteiger partial charge in [-0.05, 0) is 12.1 Å². The van der Waals surface area contributed by atoms with E-state index in [1.807, 2.05) is 60.7 Å². The average molecular weight is 407 g/mol. The summed E-state index contributed by atoms with van der Waals surface area (Å²) in [5.74, 6) is 0.0702. The fraction of sp³-hybridized carbons (Fsp3) is 0.0588. The Morgan fingerprint density at radius 2 is 1.67 bits per heavy atom. The Bertz CT molecular complexity index is 772. The summed E-state index contributed by atoms with van der Waals surface area (Å²) in [6.07, 6.45) is 0. The zero-order valence-electron chi connectivity index (χ0n) is 11.1. The van der Waals surface area contributed by atoms with E-state index in [4.69, 9.17) is 0 Å². The van der Waals surface area contributed by atoms with Gasteiger partial charge >= 0.3 is 0 Å². The molecule has 0 unspecified atom stereocenters. The summed E-state index contributed by atoms with van der Waals surface area (Å²) in [5, 5.41) is 1.21. The van der Waals surface area contributed by atoms with E-state index in [0.29, 0.717) is 10.9 Å². The summed E-state index contributed by atoms with van der Waals surface area (Å²) >= 11 is 3.25. The first-order valence-corrected chi connectivity index (χ1v) is 7.46. The molecule has 0 aliphatic heterocycles. The van der Waals surface area contributed by atoms with E-state index in [-0.39, 0.29) is 22.8 Å². The van der Waals surface area contributed by atoms with Crippen molar-refractivity contribution >= 4 is 49.6 Å². The largest absolute Gasteiger partial charge is 0.293 e. The van der Waals surface area contributed by atoms with E-state index in [1.54, 1.807) is 0 Å². The number of benzene rings is 2. The summed E-state index contributed by atoms with van der Waals surface area (Å²) < 4.78 is 0. The Kier molecular flexibility index (Phi) is 5.26. The second-order valence-electron chi connectivity index (χ2n) is 4.50. The third-order valence-corrected chi connectivity index (χ3v) is 3.72. The highest BCUT2D eigenvalue weighted by Gasteiger charge is 2.12. The fourth-order valence-electron chi connectivity index (χ4n) is 2.23. The molecule has 0 amide bonds. The van der Waals surface area contributed by atoms with Crippen LogP contribution >= 0.6 is 32.9 Å². The van der Waals surface area contributed by atoms with Gasteiger partial charge in [-0.2, -0.15) is 0 Å². The van der Waals surface area contributed by atoms with Gasteiger partial charge in [-0.15, -0.1) is 17.0 Å². The Morgan fingerprint density at radius 1 is 1.00 bits per heavy atom. The predicted octanol–water partition coefficient (Wildman–Crippen LogP) is 5.06. The van der Waals surface area contributed by atoms with Crippen LogP contribution in [0.15, 0.2) is 60.7 Å². The van der Waals surface area contributed by atoms with E-state index in [0.717, 1.165) is 22.2 Å². The lowest BCUT2D eigenvalue weighted by Gasteiger charge is -2.08. The van der Waals surface area contributed by atoms with Gasteiger partial charge in [0.05, 0.1) is 16.5 Å². The molecular formula is C17H13Br2NO. The maximum Gasteiger partial charge on any atom is 0.174 e. The molecule has 0 N–H and O–H groups in total. The molecule has 0 aliphatic carbocycles. The molecule has 0 saturated carbocycles. The lowest BCUT2D eigenvalue weighted by molar-refractivity contribution is 0.102. The van der Waals surface area contributed by atoms with Gasteiger partial charge in [-0.25, -0.2) is 4.98 Å². The molecule has 1 aromatic heterocycles. The lowest BCUT2D eigenvalue weighted by atomic mass is 10.0. The van der Waals surface area contributed by atoms with Crippen LogP contribution in [0.1, 0.15) is 10.4 Å². The minimum Gasteiger partial charge on any atom is -0.293 e. The molecule has 0 saturated heterocycles.